The molecule has 2 fully saturated rings. The van der Waals surface area contributed by atoms with Crippen molar-refractivity contribution in [3.8, 4) is 5.69 Å². The molecule has 2 aromatic rings. The third-order valence-corrected chi connectivity index (χ3v) is 6.42. The van der Waals surface area contributed by atoms with Crippen LogP contribution in [-0.4, -0.2) is 45.8 Å². The number of aromatic nitrogens is 2. The second-order valence-electron chi connectivity index (χ2n) is 8.35. The van der Waals surface area contributed by atoms with Gasteiger partial charge >= 0.3 is 0 Å². The minimum absolute atomic E-state index is 0.0528. The zero-order chi connectivity index (χ0) is 20.2. The van der Waals surface area contributed by atoms with Gasteiger partial charge in [0.1, 0.15) is 5.82 Å². The van der Waals surface area contributed by atoms with E-state index in [1.165, 1.54) is 50.7 Å². The molecule has 1 aromatic heterocycles. The predicted octanol–water partition coefficient (Wildman–Crippen LogP) is 4.10. The lowest BCUT2D eigenvalue weighted by Gasteiger charge is -2.26. The van der Waals surface area contributed by atoms with Crippen LogP contribution >= 0.6 is 0 Å². The smallest absolute Gasteiger partial charge is 0.255 e. The monoisotopic (exact) mass is 398 g/mol. The van der Waals surface area contributed by atoms with E-state index in [4.69, 9.17) is 0 Å². The number of halogens is 1. The summed E-state index contributed by atoms with van der Waals surface area (Å²) < 4.78 is 15.0. The van der Waals surface area contributed by atoms with Crippen LogP contribution in [0.3, 0.4) is 0 Å². The summed E-state index contributed by atoms with van der Waals surface area (Å²) in [5.74, 6) is -0.334. The molecule has 1 aliphatic carbocycles. The molecule has 2 heterocycles. The maximum Gasteiger partial charge on any atom is 0.255 e. The van der Waals surface area contributed by atoms with Gasteiger partial charge in [-0.3, -0.25) is 9.69 Å². The minimum atomic E-state index is -0.281. The number of rotatable bonds is 5. The first-order chi connectivity index (χ1) is 14.2. The highest BCUT2D eigenvalue weighted by Gasteiger charge is 2.30. The van der Waals surface area contributed by atoms with Crippen molar-refractivity contribution in [1.82, 2.24) is 20.0 Å². The van der Waals surface area contributed by atoms with Gasteiger partial charge in [-0.25, -0.2) is 9.07 Å². The first kappa shape index (κ1) is 20.1. The third kappa shape index (κ3) is 4.53. The van der Waals surface area contributed by atoms with E-state index >= 15 is 0 Å². The molecule has 0 spiro atoms. The number of amides is 1. The fraction of sp³-hybridized carbons (Fsp3) is 0.565. The van der Waals surface area contributed by atoms with Gasteiger partial charge in [-0.1, -0.05) is 32.6 Å². The number of benzene rings is 1. The van der Waals surface area contributed by atoms with Crippen molar-refractivity contribution in [1.29, 1.82) is 0 Å². The Morgan fingerprint density at radius 3 is 2.55 bits per heavy atom. The first-order valence-electron chi connectivity index (χ1n) is 11.0. The van der Waals surface area contributed by atoms with Crippen molar-refractivity contribution >= 4 is 5.91 Å². The molecule has 4 rings (SSSR count). The molecule has 1 N–H and O–H groups in total. The van der Waals surface area contributed by atoms with Gasteiger partial charge in [0, 0.05) is 25.2 Å². The third-order valence-electron chi connectivity index (χ3n) is 6.42. The molecule has 1 aromatic carbocycles. The fourth-order valence-corrected chi connectivity index (χ4v) is 4.83. The SMILES string of the molecule is CCc1c(C(=O)NC2CCN(C3CCCCCC3)C2)cnn1-c1ccc(F)cc1. The Bertz CT molecular complexity index is 824. The summed E-state index contributed by atoms with van der Waals surface area (Å²) >= 11 is 0. The van der Waals surface area contributed by atoms with Gasteiger partial charge in [-0.2, -0.15) is 5.10 Å². The van der Waals surface area contributed by atoms with Crippen LogP contribution in [-0.2, 0) is 6.42 Å². The Kier molecular flexibility index (Phi) is 6.28. The van der Waals surface area contributed by atoms with Gasteiger partial charge in [-0.05, 0) is 49.9 Å². The highest BCUT2D eigenvalue weighted by Crippen LogP contribution is 2.25. The number of hydrogen-bond acceptors (Lipinski definition) is 3. The van der Waals surface area contributed by atoms with Crippen molar-refractivity contribution in [2.75, 3.05) is 13.1 Å². The van der Waals surface area contributed by atoms with Gasteiger partial charge in [0.15, 0.2) is 0 Å². The highest BCUT2D eigenvalue weighted by molar-refractivity contribution is 5.95. The number of nitrogens with zero attached hydrogens (tertiary/aromatic N) is 3. The summed E-state index contributed by atoms with van der Waals surface area (Å²) in [6.07, 6.45) is 11.3. The Hall–Kier alpha value is -2.21. The van der Waals surface area contributed by atoms with Crippen molar-refractivity contribution < 1.29 is 9.18 Å². The van der Waals surface area contributed by atoms with Crippen molar-refractivity contribution in [3.63, 3.8) is 0 Å². The van der Waals surface area contributed by atoms with Crippen LogP contribution < -0.4 is 5.32 Å². The van der Waals surface area contributed by atoms with E-state index in [1.54, 1.807) is 23.0 Å². The fourth-order valence-electron chi connectivity index (χ4n) is 4.83. The summed E-state index contributed by atoms with van der Waals surface area (Å²) in [5, 5.41) is 7.64. The number of carbonyl (C=O) groups is 1. The summed E-state index contributed by atoms with van der Waals surface area (Å²) in [5.41, 5.74) is 2.24. The van der Waals surface area contributed by atoms with E-state index in [2.05, 4.69) is 15.3 Å². The molecular weight excluding hydrogens is 367 g/mol. The van der Waals surface area contributed by atoms with Crippen LogP contribution in [0.4, 0.5) is 4.39 Å². The molecule has 5 nitrogen and oxygen atoms in total. The van der Waals surface area contributed by atoms with E-state index in [9.17, 15) is 9.18 Å². The van der Waals surface area contributed by atoms with Crippen molar-refractivity contribution in [2.24, 2.45) is 0 Å². The predicted molar refractivity (Wildman–Crippen MR) is 112 cm³/mol. The van der Waals surface area contributed by atoms with Crippen LogP contribution in [0.25, 0.3) is 5.69 Å². The molecule has 156 valence electrons. The van der Waals surface area contributed by atoms with E-state index in [0.29, 0.717) is 18.0 Å². The number of likely N-dealkylation sites (tertiary alicyclic amines) is 1. The molecule has 1 saturated carbocycles. The summed E-state index contributed by atoms with van der Waals surface area (Å²) in [7, 11) is 0. The zero-order valence-electron chi connectivity index (χ0n) is 17.2. The standard InChI is InChI=1S/C23H31FN4O/c1-2-22-21(15-25-28(22)20-11-9-17(24)10-12-20)23(29)26-18-13-14-27(16-18)19-7-5-3-4-6-8-19/h9-12,15,18-19H,2-8,13-14,16H2,1H3,(H,26,29). The molecule has 1 atom stereocenters. The van der Waals surface area contributed by atoms with Crippen LogP contribution in [0.1, 0.15) is 67.9 Å². The van der Waals surface area contributed by atoms with E-state index in [-0.39, 0.29) is 17.8 Å². The molecule has 0 radical (unpaired) electrons. The van der Waals surface area contributed by atoms with Crippen LogP contribution in [0.2, 0.25) is 0 Å². The Morgan fingerprint density at radius 1 is 1.14 bits per heavy atom. The van der Waals surface area contributed by atoms with Crippen molar-refractivity contribution in [2.45, 2.75) is 70.4 Å². The quantitative estimate of drug-likeness (QED) is 0.772. The summed E-state index contributed by atoms with van der Waals surface area (Å²) in [4.78, 5) is 15.6. The average Bonchev–Trinajstić information content (AvgIpc) is 3.28. The lowest BCUT2D eigenvalue weighted by Crippen LogP contribution is -2.40. The first-order valence-corrected chi connectivity index (χ1v) is 11.0. The maximum atomic E-state index is 13.2. The number of carbonyl (C=O) groups excluding carboxylic acids is 1. The average molecular weight is 399 g/mol. The molecule has 6 heteroatoms. The summed E-state index contributed by atoms with van der Waals surface area (Å²) in [6.45, 7) is 4.03. The maximum absolute atomic E-state index is 13.2. The van der Waals surface area contributed by atoms with E-state index in [0.717, 1.165) is 30.9 Å². The minimum Gasteiger partial charge on any atom is -0.348 e. The van der Waals surface area contributed by atoms with Gasteiger partial charge < -0.3 is 5.32 Å². The molecule has 1 unspecified atom stereocenters. The van der Waals surface area contributed by atoms with Gasteiger partial charge in [-0.15, -0.1) is 0 Å². The second-order valence-corrected chi connectivity index (χ2v) is 8.35. The lowest BCUT2D eigenvalue weighted by atomic mass is 10.1. The molecule has 2 aliphatic rings. The molecule has 1 aliphatic heterocycles. The second kappa shape index (κ2) is 9.08. The van der Waals surface area contributed by atoms with Crippen molar-refractivity contribution in [3.05, 3.63) is 47.5 Å². The van der Waals surface area contributed by atoms with Gasteiger partial charge in [0.25, 0.3) is 5.91 Å². The topological polar surface area (TPSA) is 50.2 Å². The highest BCUT2D eigenvalue weighted by atomic mass is 19.1. The molecule has 1 saturated heterocycles. The normalized spacial score (nSPS) is 21.2. The number of hydrogen-bond donors (Lipinski definition) is 1. The van der Waals surface area contributed by atoms with Gasteiger partial charge in [0.05, 0.1) is 23.1 Å². The Balaban J connectivity index is 1.42. The Morgan fingerprint density at radius 2 is 1.86 bits per heavy atom. The molecule has 0 bridgehead atoms. The zero-order valence-corrected chi connectivity index (χ0v) is 17.2. The Labute approximate surface area is 172 Å². The van der Waals surface area contributed by atoms with E-state index in [1.807, 2.05) is 6.92 Å². The molecular formula is C23H31FN4O. The largest absolute Gasteiger partial charge is 0.348 e. The lowest BCUT2D eigenvalue weighted by molar-refractivity contribution is 0.0934. The van der Waals surface area contributed by atoms with Crippen LogP contribution in [0.15, 0.2) is 30.5 Å². The molecule has 29 heavy (non-hydrogen) atoms. The van der Waals surface area contributed by atoms with E-state index < -0.39 is 0 Å². The van der Waals surface area contributed by atoms with Gasteiger partial charge in [0.2, 0.25) is 0 Å². The molecule has 1 amide bonds. The summed E-state index contributed by atoms with van der Waals surface area (Å²) in [6, 6.07) is 7.08. The van der Waals surface area contributed by atoms with Crippen LogP contribution in [0.5, 0.6) is 0 Å². The number of nitrogens with one attached hydrogen (secondary N) is 1. The van der Waals surface area contributed by atoms with Crippen LogP contribution in [0, 0.1) is 5.82 Å².